The maximum atomic E-state index is 13.0. The third-order valence-electron chi connectivity index (χ3n) is 5.89. The van der Waals surface area contributed by atoms with Crippen molar-refractivity contribution in [3.05, 3.63) is 66.5 Å². The van der Waals surface area contributed by atoms with Crippen molar-refractivity contribution in [2.24, 2.45) is 11.8 Å². The number of hydrogen-bond acceptors (Lipinski definition) is 3. The molecule has 1 aromatic heterocycles. The first kappa shape index (κ1) is 18.0. The van der Waals surface area contributed by atoms with Gasteiger partial charge >= 0.3 is 0 Å². The van der Waals surface area contributed by atoms with Crippen molar-refractivity contribution < 1.29 is 9.53 Å². The molecule has 3 aromatic rings. The second-order valence-electron chi connectivity index (χ2n) is 8.12. The van der Waals surface area contributed by atoms with Crippen LogP contribution in [0.2, 0.25) is 0 Å². The van der Waals surface area contributed by atoms with E-state index in [0.717, 1.165) is 54.5 Å². The molecule has 0 spiro atoms. The molecule has 2 aliphatic rings. The Balaban J connectivity index is 1.23. The van der Waals surface area contributed by atoms with E-state index in [1.54, 1.807) is 6.20 Å². The van der Waals surface area contributed by atoms with Gasteiger partial charge in [0.15, 0.2) is 0 Å². The van der Waals surface area contributed by atoms with Crippen LogP contribution in [-0.4, -0.2) is 29.3 Å². The lowest BCUT2D eigenvalue weighted by atomic mass is 9.98. The summed E-state index contributed by atoms with van der Waals surface area (Å²) < 4.78 is 5.89. The van der Waals surface area contributed by atoms with Crippen LogP contribution in [0.15, 0.2) is 60.9 Å². The van der Waals surface area contributed by atoms with E-state index in [-0.39, 0.29) is 11.8 Å². The van der Waals surface area contributed by atoms with Crippen LogP contribution in [0.4, 0.5) is 5.69 Å². The van der Waals surface area contributed by atoms with Gasteiger partial charge in [0, 0.05) is 29.9 Å². The fourth-order valence-electron chi connectivity index (χ4n) is 3.97. The quantitative estimate of drug-likeness (QED) is 0.651. The number of amides is 1. The maximum Gasteiger partial charge on any atom is 0.230 e. The van der Waals surface area contributed by atoms with E-state index in [1.165, 1.54) is 18.4 Å². The Morgan fingerprint density at radius 1 is 1.07 bits per heavy atom. The zero-order chi connectivity index (χ0) is 19.6. The summed E-state index contributed by atoms with van der Waals surface area (Å²) in [5.41, 5.74) is 4.28. The molecule has 2 aromatic carbocycles. The van der Waals surface area contributed by atoms with Crippen molar-refractivity contribution in [1.29, 1.82) is 0 Å². The number of ether oxygens (including phenoxy) is 1. The minimum absolute atomic E-state index is 0.0298. The van der Waals surface area contributed by atoms with Crippen molar-refractivity contribution in [2.75, 3.05) is 18.1 Å². The average molecular weight is 387 g/mol. The molecule has 5 rings (SSSR count). The van der Waals surface area contributed by atoms with E-state index >= 15 is 0 Å². The third-order valence-corrected chi connectivity index (χ3v) is 5.89. The van der Waals surface area contributed by atoms with Crippen LogP contribution in [0.25, 0.3) is 11.1 Å². The molecule has 2 fully saturated rings. The summed E-state index contributed by atoms with van der Waals surface area (Å²) >= 11 is 0. The van der Waals surface area contributed by atoms with Gasteiger partial charge in [0.2, 0.25) is 5.91 Å². The molecule has 1 saturated carbocycles. The number of benzene rings is 2. The third kappa shape index (κ3) is 4.04. The lowest BCUT2D eigenvalue weighted by Gasteiger charge is -2.17. The molecule has 0 radical (unpaired) electrons. The molecule has 2 heterocycles. The minimum atomic E-state index is 0.0298. The normalized spacial score (nSPS) is 19.0. The standard InChI is InChI=1S/C24H25N3O2/c28-24-20(12-18-2-1-3-23(13-18)29-16-17-4-5-17)10-11-27(24)22-8-6-19(7-9-22)21-14-25-26-15-21/h1-3,6-9,13-15,17,20H,4-5,10-12,16H2,(H,25,26). The van der Waals surface area contributed by atoms with Crippen LogP contribution in [-0.2, 0) is 11.2 Å². The number of hydrogen-bond donors (Lipinski definition) is 1. The van der Waals surface area contributed by atoms with E-state index in [9.17, 15) is 4.79 Å². The highest BCUT2D eigenvalue weighted by Crippen LogP contribution is 2.31. The molecule has 1 unspecified atom stereocenters. The molecular formula is C24H25N3O2. The van der Waals surface area contributed by atoms with Gasteiger partial charge in [-0.2, -0.15) is 5.10 Å². The molecule has 0 bridgehead atoms. The van der Waals surface area contributed by atoms with Gasteiger partial charge in [0.1, 0.15) is 5.75 Å². The highest BCUT2D eigenvalue weighted by molar-refractivity contribution is 5.97. The topological polar surface area (TPSA) is 58.2 Å². The average Bonchev–Trinajstić information content (AvgIpc) is 3.28. The van der Waals surface area contributed by atoms with Gasteiger partial charge in [-0.25, -0.2) is 0 Å². The first-order valence-corrected chi connectivity index (χ1v) is 10.4. The van der Waals surface area contributed by atoms with Gasteiger partial charge in [0.25, 0.3) is 0 Å². The van der Waals surface area contributed by atoms with Gasteiger partial charge < -0.3 is 9.64 Å². The Bertz CT molecular complexity index is 978. The molecule has 1 aliphatic heterocycles. The number of rotatable bonds is 7. The number of aromatic nitrogens is 2. The number of aromatic amines is 1. The largest absolute Gasteiger partial charge is 0.493 e. The predicted molar refractivity (Wildman–Crippen MR) is 113 cm³/mol. The van der Waals surface area contributed by atoms with Crippen molar-refractivity contribution in [3.8, 4) is 16.9 Å². The second-order valence-corrected chi connectivity index (χ2v) is 8.12. The van der Waals surface area contributed by atoms with Gasteiger partial charge in [-0.05, 0) is 67.0 Å². The van der Waals surface area contributed by atoms with E-state index in [0.29, 0.717) is 0 Å². The SMILES string of the molecule is O=C1C(Cc2cccc(OCC3CC3)c2)CCN1c1ccc(-c2cn[nH]c2)cc1. The molecule has 5 heteroatoms. The molecular weight excluding hydrogens is 362 g/mol. The Hall–Kier alpha value is -3.08. The van der Waals surface area contributed by atoms with Crippen LogP contribution in [0.5, 0.6) is 5.75 Å². The predicted octanol–water partition coefficient (Wildman–Crippen LogP) is 4.46. The number of carbonyl (C=O) groups excluding carboxylic acids is 1. The van der Waals surface area contributed by atoms with E-state index in [4.69, 9.17) is 4.74 Å². The zero-order valence-corrected chi connectivity index (χ0v) is 16.4. The molecule has 1 atom stereocenters. The summed E-state index contributed by atoms with van der Waals surface area (Å²) in [6.45, 7) is 1.58. The van der Waals surface area contributed by atoms with Gasteiger partial charge in [-0.1, -0.05) is 24.3 Å². The Morgan fingerprint density at radius 2 is 1.93 bits per heavy atom. The highest BCUT2D eigenvalue weighted by atomic mass is 16.5. The summed E-state index contributed by atoms with van der Waals surface area (Å²) in [6.07, 6.45) is 7.89. The van der Waals surface area contributed by atoms with E-state index in [2.05, 4.69) is 22.3 Å². The first-order chi connectivity index (χ1) is 14.3. The van der Waals surface area contributed by atoms with Gasteiger partial charge in [-0.15, -0.1) is 0 Å². The minimum Gasteiger partial charge on any atom is -0.493 e. The number of anilines is 1. The Kier molecular flexibility index (Phi) is 4.80. The summed E-state index contributed by atoms with van der Waals surface area (Å²) in [6, 6.07) is 16.4. The number of carbonyl (C=O) groups is 1. The maximum absolute atomic E-state index is 13.0. The van der Waals surface area contributed by atoms with Crippen LogP contribution in [0, 0.1) is 11.8 Å². The second kappa shape index (κ2) is 7.74. The van der Waals surface area contributed by atoms with Crippen LogP contribution in [0.1, 0.15) is 24.8 Å². The van der Waals surface area contributed by atoms with E-state index in [1.807, 2.05) is 47.5 Å². The van der Waals surface area contributed by atoms with Crippen LogP contribution in [0.3, 0.4) is 0 Å². The summed E-state index contributed by atoms with van der Waals surface area (Å²) in [5, 5.41) is 6.82. The molecule has 1 saturated heterocycles. The summed E-state index contributed by atoms with van der Waals surface area (Å²) in [7, 11) is 0. The summed E-state index contributed by atoms with van der Waals surface area (Å²) in [5.74, 6) is 1.91. The number of H-pyrrole nitrogens is 1. The monoisotopic (exact) mass is 387 g/mol. The molecule has 1 amide bonds. The summed E-state index contributed by atoms with van der Waals surface area (Å²) in [4.78, 5) is 14.9. The first-order valence-electron chi connectivity index (χ1n) is 10.4. The number of nitrogens with zero attached hydrogens (tertiary/aromatic N) is 2. The Morgan fingerprint density at radius 3 is 2.69 bits per heavy atom. The molecule has 5 nitrogen and oxygen atoms in total. The zero-order valence-electron chi connectivity index (χ0n) is 16.4. The fourth-order valence-corrected chi connectivity index (χ4v) is 3.97. The van der Waals surface area contributed by atoms with Crippen molar-refractivity contribution in [3.63, 3.8) is 0 Å². The van der Waals surface area contributed by atoms with Crippen molar-refractivity contribution >= 4 is 11.6 Å². The van der Waals surface area contributed by atoms with Crippen LogP contribution >= 0.6 is 0 Å². The fraction of sp³-hybridized carbons (Fsp3) is 0.333. The number of nitrogens with one attached hydrogen (secondary N) is 1. The van der Waals surface area contributed by atoms with Crippen molar-refractivity contribution in [1.82, 2.24) is 10.2 Å². The molecule has 1 N–H and O–H groups in total. The highest BCUT2D eigenvalue weighted by Gasteiger charge is 2.32. The Labute approximate surface area is 170 Å². The van der Waals surface area contributed by atoms with Gasteiger partial charge in [-0.3, -0.25) is 9.89 Å². The van der Waals surface area contributed by atoms with E-state index < -0.39 is 0 Å². The van der Waals surface area contributed by atoms with Crippen molar-refractivity contribution in [2.45, 2.75) is 25.7 Å². The van der Waals surface area contributed by atoms with Gasteiger partial charge in [0.05, 0.1) is 12.8 Å². The molecule has 148 valence electrons. The lowest BCUT2D eigenvalue weighted by molar-refractivity contribution is -0.120. The smallest absolute Gasteiger partial charge is 0.230 e. The van der Waals surface area contributed by atoms with Crippen LogP contribution < -0.4 is 9.64 Å². The molecule has 29 heavy (non-hydrogen) atoms. The lowest BCUT2D eigenvalue weighted by Crippen LogP contribution is -2.27. The molecule has 1 aliphatic carbocycles.